The first-order valence-corrected chi connectivity index (χ1v) is 6.72. The molecule has 2 nitrogen and oxygen atoms in total. The summed E-state index contributed by atoms with van der Waals surface area (Å²) in [4.78, 5) is 1.85. The summed E-state index contributed by atoms with van der Waals surface area (Å²) < 4.78 is 38.8. The van der Waals surface area contributed by atoms with E-state index in [0.717, 1.165) is 17.2 Å². The zero-order valence-corrected chi connectivity index (χ0v) is 11.7. The molecule has 2 aromatic carbocycles. The van der Waals surface area contributed by atoms with Gasteiger partial charge in [-0.2, -0.15) is 13.2 Å². The topological polar surface area (TPSA) is 29.3 Å². The number of hydrogen-bond donors (Lipinski definition) is 1. The highest BCUT2D eigenvalue weighted by atomic mass is 35.5. The Morgan fingerprint density at radius 3 is 2.52 bits per heavy atom. The average Bonchev–Trinajstić information content (AvgIpc) is 2.83. The second-order valence-electron chi connectivity index (χ2n) is 5.00. The number of halogens is 4. The Morgan fingerprint density at radius 1 is 1.10 bits per heavy atom. The average molecular weight is 313 g/mol. The molecule has 0 amide bonds. The van der Waals surface area contributed by atoms with Crippen molar-refractivity contribution in [1.82, 2.24) is 0 Å². The van der Waals surface area contributed by atoms with Crippen LogP contribution in [0.3, 0.4) is 0 Å². The fourth-order valence-corrected chi connectivity index (χ4v) is 2.78. The van der Waals surface area contributed by atoms with Gasteiger partial charge in [-0.3, -0.25) is 0 Å². The van der Waals surface area contributed by atoms with E-state index in [0.29, 0.717) is 24.5 Å². The van der Waals surface area contributed by atoms with E-state index in [2.05, 4.69) is 0 Å². The molecule has 0 unspecified atom stereocenters. The fourth-order valence-electron chi connectivity index (χ4n) is 2.56. The molecule has 0 atom stereocenters. The molecule has 0 aliphatic carbocycles. The Balaban J connectivity index is 1.96. The summed E-state index contributed by atoms with van der Waals surface area (Å²) in [7, 11) is 0. The molecule has 2 N–H and O–H groups in total. The minimum absolute atomic E-state index is 0.289. The van der Waals surface area contributed by atoms with Gasteiger partial charge in [-0.25, -0.2) is 0 Å². The van der Waals surface area contributed by atoms with E-state index in [1.165, 1.54) is 6.07 Å². The molecule has 1 aliphatic heterocycles. The van der Waals surface area contributed by atoms with Gasteiger partial charge in [0, 0.05) is 24.5 Å². The van der Waals surface area contributed by atoms with Crippen molar-refractivity contribution in [2.75, 3.05) is 10.6 Å². The van der Waals surface area contributed by atoms with Gasteiger partial charge in [-0.15, -0.1) is 0 Å². The SMILES string of the molecule is Nc1cccc2c1CN(c1ccc(Cl)c(C(F)(F)F)c1)C2. The lowest BCUT2D eigenvalue weighted by atomic mass is 10.1. The maximum absolute atomic E-state index is 12.9. The van der Waals surface area contributed by atoms with E-state index in [4.69, 9.17) is 17.3 Å². The number of alkyl halides is 3. The molecule has 0 radical (unpaired) electrons. The maximum atomic E-state index is 12.9. The predicted molar refractivity (Wildman–Crippen MR) is 77.2 cm³/mol. The van der Waals surface area contributed by atoms with Gasteiger partial charge in [0.05, 0.1) is 10.6 Å². The van der Waals surface area contributed by atoms with Crippen LogP contribution in [0.2, 0.25) is 5.02 Å². The van der Waals surface area contributed by atoms with Gasteiger partial charge in [0.25, 0.3) is 0 Å². The fraction of sp³-hybridized carbons (Fsp3) is 0.200. The van der Waals surface area contributed by atoms with E-state index in [1.54, 1.807) is 12.1 Å². The minimum atomic E-state index is -4.46. The van der Waals surface area contributed by atoms with Crippen molar-refractivity contribution >= 4 is 23.0 Å². The molecule has 0 aromatic heterocycles. The third kappa shape index (κ3) is 2.53. The monoisotopic (exact) mass is 312 g/mol. The van der Waals surface area contributed by atoms with Crippen LogP contribution in [0.1, 0.15) is 16.7 Å². The molecule has 2 aromatic rings. The van der Waals surface area contributed by atoms with E-state index >= 15 is 0 Å². The lowest BCUT2D eigenvalue weighted by molar-refractivity contribution is -0.137. The number of nitrogen functional groups attached to an aromatic ring is 1. The van der Waals surface area contributed by atoms with Crippen molar-refractivity contribution in [3.05, 3.63) is 58.1 Å². The van der Waals surface area contributed by atoms with Crippen molar-refractivity contribution in [1.29, 1.82) is 0 Å². The number of hydrogen-bond acceptors (Lipinski definition) is 2. The summed E-state index contributed by atoms with van der Waals surface area (Å²) in [6.07, 6.45) is -4.46. The van der Waals surface area contributed by atoms with Crippen LogP contribution < -0.4 is 10.6 Å². The van der Waals surface area contributed by atoms with Crippen molar-refractivity contribution < 1.29 is 13.2 Å². The van der Waals surface area contributed by atoms with Crippen molar-refractivity contribution in [3.8, 4) is 0 Å². The van der Waals surface area contributed by atoms with Crippen LogP contribution in [0.4, 0.5) is 24.5 Å². The van der Waals surface area contributed by atoms with Gasteiger partial charge >= 0.3 is 6.18 Å². The van der Waals surface area contributed by atoms with Crippen molar-refractivity contribution in [3.63, 3.8) is 0 Å². The quantitative estimate of drug-likeness (QED) is 0.788. The van der Waals surface area contributed by atoms with Crippen LogP contribution in [0.25, 0.3) is 0 Å². The lowest BCUT2D eigenvalue weighted by Gasteiger charge is -2.20. The van der Waals surface area contributed by atoms with Gasteiger partial charge in [-0.05, 0) is 35.4 Å². The second kappa shape index (κ2) is 4.84. The van der Waals surface area contributed by atoms with Crippen molar-refractivity contribution in [2.24, 2.45) is 0 Å². The predicted octanol–water partition coefficient (Wildman–Crippen LogP) is 4.46. The Kier molecular flexibility index (Phi) is 3.24. The highest BCUT2D eigenvalue weighted by molar-refractivity contribution is 6.31. The highest BCUT2D eigenvalue weighted by Crippen LogP contribution is 2.39. The molecule has 0 saturated carbocycles. The van der Waals surface area contributed by atoms with Gasteiger partial charge in [0.15, 0.2) is 0 Å². The zero-order valence-electron chi connectivity index (χ0n) is 10.9. The summed E-state index contributed by atoms with van der Waals surface area (Å²) in [5.41, 5.74) is 8.26. The number of rotatable bonds is 1. The number of nitrogens with two attached hydrogens (primary N) is 1. The van der Waals surface area contributed by atoms with Crippen LogP contribution in [-0.2, 0) is 19.3 Å². The van der Waals surface area contributed by atoms with E-state index in [1.807, 2.05) is 17.0 Å². The third-order valence-corrected chi connectivity index (χ3v) is 3.97. The lowest BCUT2D eigenvalue weighted by Crippen LogP contribution is -2.16. The standard InChI is InChI=1S/C15H12ClF3N2/c16-13-5-4-10(6-12(13)15(17,18)19)21-7-9-2-1-3-14(20)11(9)8-21/h1-6H,7-8,20H2. The first-order chi connectivity index (χ1) is 9.86. The number of fused-ring (bicyclic) bond motifs is 1. The maximum Gasteiger partial charge on any atom is 0.417 e. The molecule has 0 fully saturated rings. The van der Waals surface area contributed by atoms with Crippen LogP contribution >= 0.6 is 11.6 Å². The smallest absolute Gasteiger partial charge is 0.398 e. The molecular formula is C15H12ClF3N2. The molecule has 6 heteroatoms. The molecule has 3 rings (SSSR count). The number of benzene rings is 2. The van der Waals surface area contributed by atoms with Gasteiger partial charge in [0.1, 0.15) is 0 Å². The summed E-state index contributed by atoms with van der Waals surface area (Å²) in [5, 5.41) is -0.289. The Labute approximate surface area is 124 Å². The molecular weight excluding hydrogens is 301 g/mol. The summed E-state index contributed by atoms with van der Waals surface area (Å²) in [6.45, 7) is 1.04. The van der Waals surface area contributed by atoms with E-state index in [-0.39, 0.29) is 5.02 Å². The number of anilines is 2. The van der Waals surface area contributed by atoms with Crippen LogP contribution in [0.5, 0.6) is 0 Å². The van der Waals surface area contributed by atoms with E-state index < -0.39 is 11.7 Å². The van der Waals surface area contributed by atoms with Crippen LogP contribution in [-0.4, -0.2) is 0 Å². The van der Waals surface area contributed by atoms with Crippen LogP contribution in [0.15, 0.2) is 36.4 Å². The molecule has 1 aliphatic rings. The zero-order chi connectivity index (χ0) is 15.2. The van der Waals surface area contributed by atoms with Crippen molar-refractivity contribution in [2.45, 2.75) is 19.3 Å². The number of nitrogens with zero attached hydrogens (tertiary/aromatic N) is 1. The van der Waals surface area contributed by atoms with Gasteiger partial charge < -0.3 is 10.6 Å². The molecule has 0 saturated heterocycles. The summed E-state index contributed by atoms with van der Waals surface area (Å²) in [5.74, 6) is 0. The van der Waals surface area contributed by atoms with Gasteiger partial charge in [-0.1, -0.05) is 23.7 Å². The molecule has 0 spiro atoms. The largest absolute Gasteiger partial charge is 0.417 e. The first-order valence-electron chi connectivity index (χ1n) is 6.34. The minimum Gasteiger partial charge on any atom is -0.398 e. The Morgan fingerprint density at radius 2 is 1.86 bits per heavy atom. The van der Waals surface area contributed by atoms with Gasteiger partial charge in [0.2, 0.25) is 0 Å². The van der Waals surface area contributed by atoms with E-state index in [9.17, 15) is 13.2 Å². The summed E-state index contributed by atoms with van der Waals surface area (Å²) >= 11 is 5.64. The molecule has 21 heavy (non-hydrogen) atoms. The second-order valence-corrected chi connectivity index (χ2v) is 5.41. The molecule has 1 heterocycles. The summed E-state index contributed by atoms with van der Waals surface area (Å²) in [6, 6.07) is 9.55. The molecule has 0 bridgehead atoms. The normalized spacial score (nSPS) is 14.4. The first kappa shape index (κ1) is 14.1. The Bertz CT molecular complexity index is 698. The molecule has 110 valence electrons. The third-order valence-electron chi connectivity index (χ3n) is 3.64. The van der Waals surface area contributed by atoms with Crippen LogP contribution in [0, 0.1) is 0 Å². The Hall–Kier alpha value is -1.88. The highest BCUT2D eigenvalue weighted by Gasteiger charge is 2.34.